The number of fused-ring (bicyclic) bond motifs is 4. The number of aromatic hydroxyl groups is 1. The number of rotatable bonds is 3. The Morgan fingerprint density at radius 1 is 0.886 bits per heavy atom. The van der Waals surface area contributed by atoms with Crippen LogP contribution in [0.3, 0.4) is 0 Å². The number of benzene rings is 3. The maximum Gasteiger partial charge on any atom is 0.344 e. The summed E-state index contributed by atoms with van der Waals surface area (Å²) in [4.78, 5) is 29.5. The standard InChI is InChI=1S/C27H15Br2NO5/c28-15-9-5-13(6-10-15)19-20-24(32)22(23(31)14-7-11-16(29)12-8-14)30-26(20)35-25-17-3-1-2-4-18(17)34-27(33)21(19)25/h1-12,19,30,32H/t19-/m0/s1. The van der Waals surface area contributed by atoms with E-state index in [1.54, 1.807) is 42.5 Å². The molecule has 1 aliphatic rings. The minimum absolute atomic E-state index is 0.0130. The van der Waals surface area contributed by atoms with Crippen molar-refractivity contribution in [1.29, 1.82) is 0 Å². The number of hydrogen-bond acceptors (Lipinski definition) is 5. The number of halogens is 2. The Morgan fingerprint density at radius 3 is 2.26 bits per heavy atom. The van der Waals surface area contributed by atoms with Gasteiger partial charge in [-0.15, -0.1) is 0 Å². The fourth-order valence-corrected chi connectivity index (χ4v) is 5.00. The van der Waals surface area contributed by atoms with Gasteiger partial charge in [-0.1, -0.05) is 56.1 Å². The van der Waals surface area contributed by atoms with Gasteiger partial charge in [-0.3, -0.25) is 4.79 Å². The Hall–Kier alpha value is -3.62. The van der Waals surface area contributed by atoms with E-state index in [2.05, 4.69) is 36.8 Å². The highest BCUT2D eigenvalue weighted by atomic mass is 79.9. The molecular formula is C27H15Br2NO5. The van der Waals surface area contributed by atoms with Crippen molar-refractivity contribution >= 4 is 48.6 Å². The second-order valence-electron chi connectivity index (χ2n) is 8.14. The normalized spacial score (nSPS) is 14.3. The molecule has 0 bridgehead atoms. The lowest BCUT2D eigenvalue weighted by Gasteiger charge is -2.26. The van der Waals surface area contributed by atoms with E-state index in [9.17, 15) is 14.7 Å². The molecule has 2 aromatic heterocycles. The molecule has 0 aliphatic carbocycles. The summed E-state index contributed by atoms with van der Waals surface area (Å²) in [6, 6.07) is 21.3. The number of carbonyl (C=O) groups excluding carboxylic acids is 1. The lowest BCUT2D eigenvalue weighted by molar-refractivity contribution is 0.103. The van der Waals surface area contributed by atoms with E-state index >= 15 is 0 Å². The Morgan fingerprint density at radius 2 is 1.54 bits per heavy atom. The van der Waals surface area contributed by atoms with Crippen molar-refractivity contribution < 1.29 is 19.1 Å². The number of para-hydroxylation sites is 1. The molecule has 6 nitrogen and oxygen atoms in total. The second-order valence-corrected chi connectivity index (χ2v) is 9.97. The van der Waals surface area contributed by atoms with E-state index in [4.69, 9.17) is 9.15 Å². The van der Waals surface area contributed by atoms with Gasteiger partial charge < -0.3 is 19.2 Å². The number of carbonyl (C=O) groups is 1. The fraction of sp³-hybridized carbons (Fsp3) is 0.0370. The summed E-state index contributed by atoms with van der Waals surface area (Å²) >= 11 is 6.80. The summed E-state index contributed by atoms with van der Waals surface area (Å²) in [7, 11) is 0. The van der Waals surface area contributed by atoms with Crippen LogP contribution < -0.4 is 10.4 Å². The van der Waals surface area contributed by atoms with Crippen LogP contribution in [0.25, 0.3) is 11.0 Å². The van der Waals surface area contributed by atoms with Crippen molar-refractivity contribution in [2.24, 2.45) is 0 Å². The molecule has 8 heteroatoms. The highest BCUT2D eigenvalue weighted by Crippen LogP contribution is 2.52. The van der Waals surface area contributed by atoms with E-state index in [0.717, 1.165) is 14.5 Å². The van der Waals surface area contributed by atoms with Gasteiger partial charge in [-0.2, -0.15) is 0 Å². The smallest absolute Gasteiger partial charge is 0.344 e. The molecule has 3 heterocycles. The van der Waals surface area contributed by atoms with E-state index < -0.39 is 17.3 Å². The van der Waals surface area contributed by atoms with Crippen LogP contribution in [0.2, 0.25) is 0 Å². The quantitative estimate of drug-likeness (QED) is 0.173. The van der Waals surface area contributed by atoms with Crippen LogP contribution >= 0.6 is 31.9 Å². The Labute approximate surface area is 215 Å². The zero-order chi connectivity index (χ0) is 24.3. The number of nitrogens with one attached hydrogen (secondary N) is 1. The summed E-state index contributed by atoms with van der Waals surface area (Å²) in [6.07, 6.45) is 0. The minimum atomic E-state index is -0.717. The van der Waals surface area contributed by atoms with Crippen molar-refractivity contribution in [2.75, 3.05) is 0 Å². The molecule has 0 saturated heterocycles. The molecule has 0 fully saturated rings. The molecule has 2 N–H and O–H groups in total. The van der Waals surface area contributed by atoms with Gasteiger partial charge in [0, 0.05) is 14.5 Å². The first-order chi connectivity index (χ1) is 16.9. The van der Waals surface area contributed by atoms with Gasteiger partial charge >= 0.3 is 5.63 Å². The first kappa shape index (κ1) is 21.9. The van der Waals surface area contributed by atoms with Gasteiger partial charge in [0.15, 0.2) is 11.5 Å². The third-order valence-corrected chi connectivity index (χ3v) is 7.15. The predicted molar refractivity (Wildman–Crippen MR) is 138 cm³/mol. The average Bonchev–Trinajstić information content (AvgIpc) is 3.19. The molecule has 0 saturated carbocycles. The Bertz CT molecular complexity index is 1680. The minimum Gasteiger partial charge on any atom is -0.505 e. The van der Waals surface area contributed by atoms with Gasteiger partial charge in [0.2, 0.25) is 11.7 Å². The van der Waals surface area contributed by atoms with Gasteiger partial charge in [-0.25, -0.2) is 4.79 Å². The third-order valence-electron chi connectivity index (χ3n) is 6.09. The SMILES string of the molecule is O=C(c1ccc(Br)cc1)c1[nH]c2c(c1O)[C@H](c1ccc(Br)cc1)c1c(c3ccccc3oc1=O)O2. The number of aromatic nitrogens is 1. The number of H-pyrrole nitrogens is 1. The molecular weight excluding hydrogens is 578 g/mol. The first-order valence-electron chi connectivity index (χ1n) is 10.7. The van der Waals surface area contributed by atoms with Crippen LogP contribution in [0.5, 0.6) is 17.4 Å². The van der Waals surface area contributed by atoms with E-state index in [1.807, 2.05) is 30.3 Å². The largest absolute Gasteiger partial charge is 0.505 e. The predicted octanol–water partition coefficient (Wildman–Crippen LogP) is 6.87. The summed E-state index contributed by atoms with van der Waals surface area (Å²) in [6.45, 7) is 0. The topological polar surface area (TPSA) is 92.5 Å². The first-order valence-corrected chi connectivity index (χ1v) is 12.2. The monoisotopic (exact) mass is 591 g/mol. The summed E-state index contributed by atoms with van der Waals surface area (Å²) < 4.78 is 13.5. The molecule has 1 aliphatic heterocycles. The van der Waals surface area contributed by atoms with Crippen molar-refractivity contribution in [3.63, 3.8) is 0 Å². The molecule has 6 rings (SSSR count). The van der Waals surface area contributed by atoms with Gasteiger partial charge in [-0.05, 0) is 54.1 Å². The van der Waals surface area contributed by atoms with Gasteiger partial charge in [0.05, 0.1) is 22.4 Å². The van der Waals surface area contributed by atoms with Crippen LogP contribution in [0.1, 0.15) is 38.7 Å². The van der Waals surface area contributed by atoms with E-state index in [-0.39, 0.29) is 22.9 Å². The number of ether oxygens (including phenoxy) is 1. The van der Waals surface area contributed by atoms with Crippen molar-refractivity contribution in [3.8, 4) is 17.4 Å². The average molecular weight is 593 g/mol. The van der Waals surface area contributed by atoms with Crippen LogP contribution in [-0.2, 0) is 0 Å². The zero-order valence-electron chi connectivity index (χ0n) is 17.8. The van der Waals surface area contributed by atoms with Gasteiger partial charge in [0.25, 0.3) is 0 Å². The summed E-state index contributed by atoms with van der Waals surface area (Å²) in [5, 5.41) is 11.9. The number of aromatic amines is 1. The molecule has 5 aromatic rings. The highest BCUT2D eigenvalue weighted by molar-refractivity contribution is 9.10. The molecule has 0 spiro atoms. The van der Waals surface area contributed by atoms with Crippen molar-refractivity contribution in [2.45, 2.75) is 5.92 Å². The molecule has 3 aromatic carbocycles. The highest BCUT2D eigenvalue weighted by Gasteiger charge is 2.39. The number of hydrogen-bond donors (Lipinski definition) is 2. The van der Waals surface area contributed by atoms with E-state index in [0.29, 0.717) is 27.8 Å². The zero-order valence-corrected chi connectivity index (χ0v) is 21.0. The molecule has 0 amide bonds. The summed E-state index contributed by atoms with van der Waals surface area (Å²) in [5.41, 5.74) is 1.50. The molecule has 1 atom stereocenters. The molecule has 0 radical (unpaired) electrons. The fourth-order valence-electron chi connectivity index (χ4n) is 4.47. The Balaban J connectivity index is 1.61. The Kier molecular flexibility index (Phi) is 5.16. The number of ketones is 1. The second kappa shape index (κ2) is 8.25. The maximum atomic E-state index is 13.3. The van der Waals surface area contributed by atoms with Crippen molar-refractivity contribution in [3.05, 3.63) is 120 Å². The van der Waals surface area contributed by atoms with Crippen LogP contribution in [-0.4, -0.2) is 15.9 Å². The van der Waals surface area contributed by atoms with Gasteiger partial charge in [0.1, 0.15) is 11.3 Å². The van der Waals surface area contributed by atoms with E-state index in [1.165, 1.54) is 0 Å². The van der Waals surface area contributed by atoms with Crippen LogP contribution in [0, 0.1) is 0 Å². The van der Waals surface area contributed by atoms with Crippen molar-refractivity contribution in [1.82, 2.24) is 4.98 Å². The lowest BCUT2D eigenvalue weighted by Crippen LogP contribution is -2.20. The third kappa shape index (κ3) is 3.52. The van der Waals surface area contributed by atoms with Crippen LogP contribution in [0.15, 0.2) is 91.0 Å². The summed E-state index contributed by atoms with van der Waals surface area (Å²) in [5.74, 6) is -0.840. The molecule has 172 valence electrons. The lowest BCUT2D eigenvalue weighted by atomic mass is 9.84. The maximum absolute atomic E-state index is 13.3. The van der Waals surface area contributed by atoms with Crippen LogP contribution in [0.4, 0.5) is 0 Å². The molecule has 35 heavy (non-hydrogen) atoms. The molecule has 0 unspecified atom stereocenters.